The zero-order valence-corrected chi connectivity index (χ0v) is 8.27. The van der Waals surface area contributed by atoms with E-state index in [1.807, 2.05) is 6.08 Å². The average Bonchev–Trinajstić information content (AvgIpc) is 1.65. The first kappa shape index (κ1) is 6.13. The highest BCUT2D eigenvalue weighted by molar-refractivity contribution is 6.14. The van der Waals surface area contributed by atoms with E-state index in [1.54, 1.807) is 0 Å². The molecule has 36 valence electrons. The summed E-state index contributed by atoms with van der Waals surface area (Å²) in [5, 5.41) is 0. The van der Waals surface area contributed by atoms with Crippen molar-refractivity contribution in [2.75, 3.05) is 0 Å². The summed E-state index contributed by atoms with van der Waals surface area (Å²) in [5.41, 5.74) is 0.400. The second-order valence-corrected chi connectivity index (χ2v) is 2.79. The van der Waals surface area contributed by atoms with Gasteiger partial charge in [-0.25, -0.2) is 0 Å². The molecule has 0 radical (unpaired) electrons. The lowest BCUT2D eigenvalue weighted by Gasteiger charge is -1.98. The highest BCUT2D eigenvalue weighted by Gasteiger charge is 1.82. The van der Waals surface area contributed by atoms with Gasteiger partial charge in [-0.15, -0.1) is 6.58 Å². The number of hydrogen-bond donors (Lipinski definition) is 0. The lowest BCUT2D eigenvalue weighted by atomic mass is 10.7. The van der Waals surface area contributed by atoms with Gasteiger partial charge in [0, 0.05) is 16.0 Å². The van der Waals surface area contributed by atoms with Gasteiger partial charge >= 0.3 is 0 Å². The van der Waals surface area contributed by atoms with Crippen LogP contribution in [0.5, 0.6) is 0 Å². The van der Waals surface area contributed by atoms with E-state index in [-0.39, 0.29) is 0 Å². The molecule has 0 spiro atoms. The smallest absolute Gasteiger partial charge is 0.146 e. The normalized spacial score (nSPS) is 14.7. The van der Waals surface area contributed by atoms with E-state index in [0.717, 1.165) is 20.7 Å². The summed E-state index contributed by atoms with van der Waals surface area (Å²) in [7, 11) is 1.93. The van der Waals surface area contributed by atoms with Gasteiger partial charge in [-0.05, 0) is 0 Å². The first-order chi connectivity index (χ1) is 2.81. The minimum Gasteiger partial charge on any atom is -0.426 e. The molecule has 1 atom stereocenters. The van der Waals surface area contributed by atoms with E-state index < -0.39 is 0 Å². The van der Waals surface area contributed by atoms with Gasteiger partial charge in [-0.2, -0.15) is 0 Å². The Labute approximate surface area is 44.4 Å². The molecule has 0 N–H and O–H groups in total. The van der Waals surface area contributed by atoms with Crippen molar-refractivity contribution in [3.8, 4) is 0 Å². The monoisotopic (exact) mass is 118 g/mol. The van der Waals surface area contributed by atoms with Crippen molar-refractivity contribution in [3.63, 3.8) is 0 Å². The molecule has 0 aromatic heterocycles. The fourth-order valence-corrected chi connectivity index (χ4v) is 0.289. The fraction of sp³-hybridized carbons (Fsp3) is 0.333. The second-order valence-electron chi connectivity index (χ2n) is 1.18. The average molecular weight is 118 g/mol. The third-order valence-corrected chi connectivity index (χ3v) is 3.33. The molecule has 0 saturated heterocycles. The largest absolute Gasteiger partial charge is 0.426 e. The number of hydrogen-bond acceptors (Lipinski definition) is 1. The Morgan fingerprint density at radius 3 is 2.33 bits per heavy atom. The predicted molar refractivity (Wildman–Crippen MR) is 34.9 cm³/mol. The molecule has 6 heavy (non-hydrogen) atoms. The SMILES string of the molecule is C=CC([SiH3])O[SiH3]. The third-order valence-electron chi connectivity index (χ3n) is 0.704. The molecule has 0 aliphatic heterocycles. The summed E-state index contributed by atoms with van der Waals surface area (Å²) in [5.74, 6) is 0. The van der Waals surface area contributed by atoms with E-state index >= 15 is 0 Å². The van der Waals surface area contributed by atoms with Crippen molar-refractivity contribution in [1.82, 2.24) is 0 Å². The van der Waals surface area contributed by atoms with Crippen molar-refractivity contribution in [3.05, 3.63) is 12.7 Å². The Bertz CT molecular complexity index is 46.1. The maximum absolute atomic E-state index is 4.98. The summed E-state index contributed by atoms with van der Waals surface area (Å²) in [6, 6.07) is 0. The topological polar surface area (TPSA) is 9.23 Å². The van der Waals surface area contributed by atoms with Gasteiger partial charge in [0.15, 0.2) is 0 Å². The molecule has 0 aliphatic rings. The molecule has 0 aliphatic carbocycles. The first-order valence-corrected chi connectivity index (χ1v) is 3.93. The maximum Gasteiger partial charge on any atom is 0.146 e. The predicted octanol–water partition coefficient (Wildman–Crippen LogP) is -1.84. The van der Waals surface area contributed by atoms with Gasteiger partial charge in [0.25, 0.3) is 0 Å². The van der Waals surface area contributed by atoms with E-state index in [4.69, 9.17) is 4.43 Å². The van der Waals surface area contributed by atoms with Crippen LogP contribution < -0.4 is 0 Å². The van der Waals surface area contributed by atoms with Gasteiger partial charge < -0.3 is 4.43 Å². The molecule has 3 heteroatoms. The molecular formula is C3H10OSi2. The van der Waals surface area contributed by atoms with Crippen LogP contribution in [0.2, 0.25) is 0 Å². The molecule has 0 amide bonds. The Morgan fingerprint density at radius 2 is 2.33 bits per heavy atom. The van der Waals surface area contributed by atoms with Crippen molar-refractivity contribution < 1.29 is 4.43 Å². The molecule has 0 heterocycles. The van der Waals surface area contributed by atoms with Crippen LogP contribution in [-0.4, -0.2) is 26.5 Å². The molecule has 0 bridgehead atoms. The quantitative estimate of drug-likeness (QED) is 0.306. The van der Waals surface area contributed by atoms with Gasteiger partial charge in [0.2, 0.25) is 0 Å². The second kappa shape index (κ2) is 3.33. The van der Waals surface area contributed by atoms with E-state index in [1.165, 1.54) is 0 Å². The zero-order valence-electron chi connectivity index (χ0n) is 4.27. The van der Waals surface area contributed by atoms with E-state index in [2.05, 4.69) is 6.58 Å². The van der Waals surface area contributed by atoms with Crippen LogP contribution in [0.15, 0.2) is 12.7 Å². The van der Waals surface area contributed by atoms with Crippen LogP contribution in [0.1, 0.15) is 0 Å². The Balaban J connectivity index is 2.96. The summed E-state index contributed by atoms with van der Waals surface area (Å²) in [6.07, 6.45) is 1.85. The van der Waals surface area contributed by atoms with Gasteiger partial charge in [0.05, 0.1) is 0 Å². The minimum absolute atomic E-state index is 0.400. The standard InChI is InChI=1S/C3H10OSi2/c1-2-3(5)4-6/h2-3H,1H2,5-6H3. The van der Waals surface area contributed by atoms with Crippen LogP contribution >= 0.6 is 0 Å². The molecular weight excluding hydrogens is 108 g/mol. The maximum atomic E-state index is 4.98. The summed E-state index contributed by atoms with van der Waals surface area (Å²) < 4.78 is 4.98. The van der Waals surface area contributed by atoms with Crippen LogP contribution in [-0.2, 0) is 4.43 Å². The Morgan fingerprint density at radius 1 is 1.83 bits per heavy atom. The van der Waals surface area contributed by atoms with Gasteiger partial charge in [-0.3, -0.25) is 0 Å². The summed E-state index contributed by atoms with van der Waals surface area (Å²) >= 11 is 0. The van der Waals surface area contributed by atoms with Crippen molar-refractivity contribution in [2.45, 2.75) is 5.73 Å². The van der Waals surface area contributed by atoms with Crippen LogP contribution in [0.25, 0.3) is 0 Å². The lowest BCUT2D eigenvalue weighted by molar-refractivity contribution is 0.360. The number of rotatable bonds is 2. The van der Waals surface area contributed by atoms with Crippen molar-refractivity contribution in [2.24, 2.45) is 0 Å². The molecule has 1 unspecified atom stereocenters. The lowest BCUT2D eigenvalue weighted by Crippen LogP contribution is -2.04. The third kappa shape index (κ3) is 2.38. The van der Waals surface area contributed by atoms with Crippen molar-refractivity contribution >= 4 is 20.7 Å². The van der Waals surface area contributed by atoms with Gasteiger partial charge in [-0.1, -0.05) is 6.08 Å². The summed E-state index contributed by atoms with van der Waals surface area (Å²) in [6.45, 7) is 3.56. The molecule has 1 nitrogen and oxygen atoms in total. The molecule has 0 fully saturated rings. The van der Waals surface area contributed by atoms with Crippen LogP contribution in [0, 0.1) is 0 Å². The summed E-state index contributed by atoms with van der Waals surface area (Å²) in [4.78, 5) is 0. The fourth-order valence-electron chi connectivity index (χ4n) is 0.0962. The Kier molecular flexibility index (Phi) is 3.40. The van der Waals surface area contributed by atoms with E-state index in [9.17, 15) is 0 Å². The highest BCUT2D eigenvalue weighted by Crippen LogP contribution is 1.77. The van der Waals surface area contributed by atoms with Crippen LogP contribution in [0.3, 0.4) is 0 Å². The highest BCUT2D eigenvalue weighted by atomic mass is 28.2. The molecule has 0 aromatic carbocycles. The minimum atomic E-state index is 0.400. The Hall–Kier alpha value is 0.134. The molecule has 0 saturated carbocycles. The zero-order chi connectivity index (χ0) is 4.99. The molecule has 0 rings (SSSR count). The van der Waals surface area contributed by atoms with E-state index in [0.29, 0.717) is 5.73 Å². The first-order valence-electron chi connectivity index (χ1n) is 1.96. The van der Waals surface area contributed by atoms with Crippen molar-refractivity contribution in [1.29, 1.82) is 0 Å². The van der Waals surface area contributed by atoms with Crippen LogP contribution in [0.4, 0.5) is 0 Å². The molecule has 0 aromatic rings. The van der Waals surface area contributed by atoms with Gasteiger partial charge in [0.1, 0.15) is 10.5 Å².